The van der Waals surface area contributed by atoms with Crippen LogP contribution < -0.4 is 16.0 Å². The molecule has 3 heterocycles. The van der Waals surface area contributed by atoms with Crippen molar-refractivity contribution in [3.8, 4) is 0 Å². The Balaban J connectivity index is 1.25. The van der Waals surface area contributed by atoms with E-state index in [9.17, 15) is 51.5 Å². The Kier molecular flexibility index (Phi) is 27.9. The standard InChI is InChI=1S/C71H109F3N12O12/c1-11-46(2)60-67(96)80(6)44-58(89)78(4)45-59(90)82(8)54(41-49-25-15-12-16-26-49)65(94)79(5)43-56(87)75-52(30-23-27-48-32-34-51(35-33-48)71(72,73)74)64(93)86-40-24-31-53(86)63(92)77-70(36-19-20-37-70)69(98)84(10)61(50-28-17-13-18-29-50)68(97)83(9)55(66(95)85-38-21-14-22-39-85)42-57(88)81(7)47(3)62(91)76-60/h32-35,46-47,49-50,52-55,60-61H,11-31,36-45H2,1-10H3,(H,75,87)(H,76,91)(H,77,92)/t46-,47-,52-,53-,54+,55-,60-,61-/m0/s1. The second-order valence-electron chi connectivity index (χ2n) is 28.9. The molecule has 8 atom stereocenters. The minimum atomic E-state index is -4.56. The van der Waals surface area contributed by atoms with Crippen LogP contribution in [0, 0.1) is 17.8 Å². The first-order chi connectivity index (χ1) is 46.4. The zero-order valence-corrected chi connectivity index (χ0v) is 59.6. The lowest BCUT2D eigenvalue weighted by Gasteiger charge is -2.43. The van der Waals surface area contributed by atoms with Crippen molar-refractivity contribution in [3.63, 3.8) is 0 Å². The number of aryl methyl sites for hydroxylation is 1. The highest BCUT2D eigenvalue weighted by atomic mass is 19.4. The Morgan fingerprint density at radius 1 is 0.602 bits per heavy atom. The van der Waals surface area contributed by atoms with Gasteiger partial charge in [0.15, 0.2) is 0 Å². The molecule has 27 heteroatoms. The minimum absolute atomic E-state index is 0.0342. The molecule has 1 aromatic rings. The summed E-state index contributed by atoms with van der Waals surface area (Å²) in [5.41, 5.74) is -1.83. The molecule has 3 aliphatic heterocycles. The fourth-order valence-corrected chi connectivity index (χ4v) is 15.3. The highest BCUT2D eigenvalue weighted by Gasteiger charge is 2.51. The van der Waals surface area contributed by atoms with Crippen LogP contribution in [-0.4, -0.2) is 251 Å². The molecule has 0 bridgehead atoms. The lowest BCUT2D eigenvalue weighted by molar-refractivity contribution is -0.157. The maximum atomic E-state index is 15.7. The summed E-state index contributed by atoms with van der Waals surface area (Å²) in [7, 11) is 10.0. The molecule has 3 saturated heterocycles. The van der Waals surface area contributed by atoms with Crippen LogP contribution in [0.5, 0.6) is 0 Å². The Labute approximate surface area is 576 Å². The van der Waals surface area contributed by atoms with Crippen molar-refractivity contribution in [1.82, 2.24) is 60.0 Å². The van der Waals surface area contributed by atoms with E-state index >= 15 is 19.2 Å². The molecular weight excluding hydrogens is 1270 g/mol. The zero-order valence-electron chi connectivity index (χ0n) is 59.6. The molecule has 0 radical (unpaired) electrons. The summed E-state index contributed by atoms with van der Waals surface area (Å²) >= 11 is 0. The van der Waals surface area contributed by atoms with Crippen molar-refractivity contribution >= 4 is 70.9 Å². The summed E-state index contributed by atoms with van der Waals surface area (Å²) in [5, 5.41) is 8.74. The lowest BCUT2D eigenvalue weighted by Crippen LogP contribution is -2.65. The van der Waals surface area contributed by atoms with Crippen molar-refractivity contribution in [2.45, 2.75) is 235 Å². The maximum Gasteiger partial charge on any atom is 0.416 e. The molecule has 6 aliphatic rings. The number of amides is 12. The molecule has 98 heavy (non-hydrogen) atoms. The number of nitrogens with one attached hydrogen (secondary N) is 3. The molecule has 546 valence electrons. The molecule has 6 fully saturated rings. The normalized spacial score (nSPS) is 27.2. The summed E-state index contributed by atoms with van der Waals surface area (Å²) in [5.74, 6) is -8.26. The number of halogens is 3. The monoisotopic (exact) mass is 1380 g/mol. The number of benzene rings is 1. The van der Waals surface area contributed by atoms with Crippen LogP contribution in [-0.2, 0) is 70.1 Å². The second kappa shape index (κ2) is 35.1. The molecule has 0 unspecified atom stereocenters. The summed E-state index contributed by atoms with van der Waals surface area (Å²) in [4.78, 5) is 189. The van der Waals surface area contributed by atoms with Crippen LogP contribution in [0.1, 0.15) is 186 Å². The lowest BCUT2D eigenvalue weighted by atomic mass is 9.81. The molecule has 12 amide bonds. The first kappa shape index (κ1) is 78.0. The number of nitrogens with zero attached hydrogens (tertiary/aromatic N) is 9. The van der Waals surface area contributed by atoms with E-state index in [1.807, 2.05) is 6.92 Å². The van der Waals surface area contributed by atoms with Crippen LogP contribution >= 0.6 is 0 Å². The van der Waals surface area contributed by atoms with Crippen molar-refractivity contribution < 1.29 is 70.7 Å². The van der Waals surface area contributed by atoms with Gasteiger partial charge in [-0.1, -0.05) is 96.6 Å². The third kappa shape index (κ3) is 19.5. The van der Waals surface area contributed by atoms with E-state index < -0.39 is 162 Å². The number of carbonyl (C=O) groups is 12. The number of likely N-dealkylation sites (tertiary alicyclic amines) is 1. The van der Waals surface area contributed by atoms with Gasteiger partial charge in [0.1, 0.15) is 47.8 Å². The first-order valence-electron chi connectivity index (χ1n) is 35.9. The SMILES string of the molecule is CC[C@H](C)[C@@H]1NC(=O)[C@H](C)N(C)C(=O)C[C@@H](C(=O)N2CCCCC2)N(C)C(=O)[C@H](C2CCCCC2)N(C)C(=O)C2(CCCC2)NC(=O)[C@@H]2CCCN2C(=O)[C@H](CCCc2ccc(C(F)(F)F)cc2)NC(=O)CN(C)C(=O)[C@@H](CC2CCCCC2)N(C)C(=O)CN(C)C(=O)CN(C)C1=O. The summed E-state index contributed by atoms with van der Waals surface area (Å²) in [6.45, 7) is 4.32. The van der Waals surface area contributed by atoms with Gasteiger partial charge in [0.05, 0.1) is 31.6 Å². The summed E-state index contributed by atoms with van der Waals surface area (Å²) in [6.07, 6.45) is 8.19. The van der Waals surface area contributed by atoms with E-state index in [-0.39, 0.29) is 63.3 Å². The molecule has 3 saturated carbocycles. The number of piperidine rings is 1. The van der Waals surface area contributed by atoms with Gasteiger partial charge in [-0.15, -0.1) is 0 Å². The van der Waals surface area contributed by atoms with E-state index in [4.69, 9.17) is 0 Å². The topological polar surface area (TPSA) is 270 Å². The zero-order chi connectivity index (χ0) is 71.9. The van der Waals surface area contributed by atoms with Crippen LogP contribution in [0.25, 0.3) is 0 Å². The highest BCUT2D eigenvalue weighted by Crippen LogP contribution is 2.37. The Hall–Kier alpha value is -7.35. The van der Waals surface area contributed by atoms with Gasteiger partial charge in [0, 0.05) is 69.0 Å². The van der Waals surface area contributed by atoms with Gasteiger partial charge in [-0.3, -0.25) is 57.5 Å². The fourth-order valence-electron chi connectivity index (χ4n) is 15.3. The van der Waals surface area contributed by atoms with Crippen LogP contribution in [0.3, 0.4) is 0 Å². The molecule has 3 aliphatic carbocycles. The number of hydrogen-bond acceptors (Lipinski definition) is 12. The third-order valence-corrected chi connectivity index (χ3v) is 22.0. The van der Waals surface area contributed by atoms with Gasteiger partial charge in [-0.05, 0) is 126 Å². The van der Waals surface area contributed by atoms with E-state index in [0.717, 1.165) is 79.7 Å². The first-order valence-corrected chi connectivity index (χ1v) is 35.9. The van der Waals surface area contributed by atoms with Gasteiger partial charge in [0.25, 0.3) is 0 Å². The molecule has 1 aromatic carbocycles. The van der Waals surface area contributed by atoms with E-state index in [0.29, 0.717) is 70.0 Å². The van der Waals surface area contributed by atoms with Gasteiger partial charge in [-0.25, -0.2) is 0 Å². The quantitative estimate of drug-likeness (QED) is 0.275. The molecule has 24 nitrogen and oxygen atoms in total. The van der Waals surface area contributed by atoms with Gasteiger partial charge < -0.3 is 60.0 Å². The molecule has 3 N–H and O–H groups in total. The average Bonchev–Trinajstić information content (AvgIpc) is 1.39. The summed E-state index contributed by atoms with van der Waals surface area (Å²) < 4.78 is 40.7. The smallest absolute Gasteiger partial charge is 0.343 e. The predicted octanol–water partition coefficient (Wildman–Crippen LogP) is 5.13. The van der Waals surface area contributed by atoms with Crippen molar-refractivity contribution in [2.24, 2.45) is 17.8 Å². The van der Waals surface area contributed by atoms with E-state index in [1.54, 1.807) is 11.8 Å². The van der Waals surface area contributed by atoms with Crippen LogP contribution in [0.15, 0.2) is 24.3 Å². The number of rotatable bonds is 10. The highest BCUT2D eigenvalue weighted by molar-refractivity contribution is 6.00. The van der Waals surface area contributed by atoms with Crippen molar-refractivity contribution in [1.29, 1.82) is 0 Å². The number of likely N-dealkylation sites (N-methyl/N-ethyl adjacent to an activating group) is 7. The Morgan fingerprint density at radius 2 is 1.19 bits per heavy atom. The maximum absolute atomic E-state index is 15.7. The second-order valence-corrected chi connectivity index (χ2v) is 28.9. The molecule has 1 spiro atoms. The van der Waals surface area contributed by atoms with Crippen LogP contribution in [0.4, 0.5) is 13.2 Å². The number of alkyl halides is 3. The number of carbonyl (C=O) groups excluding carboxylic acids is 12. The predicted molar refractivity (Wildman–Crippen MR) is 359 cm³/mol. The van der Waals surface area contributed by atoms with Gasteiger partial charge in [-0.2, -0.15) is 13.2 Å². The fraction of sp³-hybridized carbons (Fsp3) is 0.746. The Bertz CT molecular complexity index is 3000. The Morgan fingerprint density at radius 3 is 1.81 bits per heavy atom. The van der Waals surface area contributed by atoms with E-state index in [1.165, 1.54) is 97.8 Å². The number of hydrogen-bond donors (Lipinski definition) is 3. The minimum Gasteiger partial charge on any atom is -0.343 e. The summed E-state index contributed by atoms with van der Waals surface area (Å²) in [6, 6.07) is -3.85. The molecular formula is C71H109F3N12O12. The number of fused-ring (bicyclic) bond motifs is 1. The van der Waals surface area contributed by atoms with E-state index in [2.05, 4.69) is 16.0 Å². The average molecular weight is 1380 g/mol. The molecule has 0 aromatic heterocycles. The van der Waals surface area contributed by atoms with Crippen LogP contribution in [0.2, 0.25) is 0 Å². The van der Waals surface area contributed by atoms with Gasteiger partial charge >= 0.3 is 6.18 Å². The van der Waals surface area contributed by atoms with Crippen molar-refractivity contribution in [3.05, 3.63) is 35.4 Å². The van der Waals surface area contributed by atoms with Crippen molar-refractivity contribution in [2.75, 3.05) is 88.6 Å². The van der Waals surface area contributed by atoms with Gasteiger partial charge in [0.2, 0.25) is 70.9 Å². The third-order valence-electron chi connectivity index (χ3n) is 22.0. The molecule has 7 rings (SSSR count). The largest absolute Gasteiger partial charge is 0.416 e.